The minimum atomic E-state index is 0.757. The highest BCUT2D eigenvalue weighted by molar-refractivity contribution is 5.79. The van der Waals surface area contributed by atoms with Gasteiger partial charge in [-0.05, 0) is 19.9 Å². The van der Waals surface area contributed by atoms with Crippen LogP contribution in [0.15, 0.2) is 4.99 Å². The molecule has 6 nitrogen and oxygen atoms in total. The Balaban J connectivity index is 2.29. The summed E-state index contributed by atoms with van der Waals surface area (Å²) in [4.78, 5) is 9.14. The number of hydrogen-bond acceptors (Lipinski definition) is 4. The SMILES string of the molecule is CCOCCCN=C(NN)N1CCN(CC)CC1. The molecule has 1 rings (SSSR count). The van der Waals surface area contributed by atoms with Gasteiger partial charge in [-0.15, -0.1) is 0 Å². The van der Waals surface area contributed by atoms with Crippen molar-refractivity contribution in [1.82, 2.24) is 15.2 Å². The number of nitrogens with zero attached hydrogens (tertiary/aromatic N) is 3. The number of nitrogens with one attached hydrogen (secondary N) is 1. The van der Waals surface area contributed by atoms with E-state index in [9.17, 15) is 0 Å². The van der Waals surface area contributed by atoms with Crippen molar-refractivity contribution in [1.29, 1.82) is 0 Å². The fourth-order valence-corrected chi connectivity index (χ4v) is 2.01. The quantitative estimate of drug-likeness (QED) is 0.228. The molecule has 0 aliphatic carbocycles. The minimum Gasteiger partial charge on any atom is -0.382 e. The van der Waals surface area contributed by atoms with Crippen LogP contribution in [0.1, 0.15) is 20.3 Å². The molecule has 0 spiro atoms. The van der Waals surface area contributed by atoms with Gasteiger partial charge in [0.25, 0.3) is 0 Å². The summed E-state index contributed by atoms with van der Waals surface area (Å²) in [6.45, 7) is 11.7. The predicted octanol–water partition coefficient (Wildman–Crippen LogP) is -0.130. The zero-order chi connectivity index (χ0) is 13.2. The van der Waals surface area contributed by atoms with Gasteiger partial charge >= 0.3 is 0 Å². The molecule has 1 aliphatic rings. The van der Waals surface area contributed by atoms with Gasteiger partial charge in [-0.1, -0.05) is 6.92 Å². The highest BCUT2D eigenvalue weighted by Crippen LogP contribution is 2.01. The fraction of sp³-hybridized carbons (Fsp3) is 0.917. The molecule has 1 saturated heterocycles. The van der Waals surface area contributed by atoms with Crippen molar-refractivity contribution in [2.75, 3.05) is 52.5 Å². The van der Waals surface area contributed by atoms with Gasteiger partial charge in [0.05, 0.1) is 0 Å². The lowest BCUT2D eigenvalue weighted by atomic mass is 10.3. The molecule has 6 heteroatoms. The highest BCUT2D eigenvalue weighted by Gasteiger charge is 2.17. The van der Waals surface area contributed by atoms with Gasteiger partial charge in [-0.3, -0.25) is 10.4 Å². The molecule has 0 aromatic heterocycles. The number of nitrogens with two attached hydrogens (primary N) is 1. The topological polar surface area (TPSA) is 66.1 Å². The van der Waals surface area contributed by atoms with Crippen molar-refractivity contribution in [3.05, 3.63) is 0 Å². The van der Waals surface area contributed by atoms with Crippen LogP contribution in [-0.2, 0) is 4.74 Å². The molecular formula is C12H27N5O. The number of hydrogen-bond donors (Lipinski definition) is 2. The van der Waals surface area contributed by atoms with E-state index in [1.807, 2.05) is 6.92 Å². The van der Waals surface area contributed by atoms with Crippen LogP contribution < -0.4 is 11.3 Å². The first-order valence-electron chi connectivity index (χ1n) is 6.87. The molecule has 1 fully saturated rings. The van der Waals surface area contributed by atoms with E-state index in [0.29, 0.717) is 0 Å². The van der Waals surface area contributed by atoms with E-state index in [4.69, 9.17) is 10.6 Å². The Bertz CT molecular complexity index is 239. The Hall–Kier alpha value is -0.850. The van der Waals surface area contributed by atoms with E-state index in [0.717, 1.165) is 64.9 Å². The van der Waals surface area contributed by atoms with Gasteiger partial charge in [-0.25, -0.2) is 5.84 Å². The maximum atomic E-state index is 5.54. The number of hydrazine groups is 1. The van der Waals surface area contributed by atoms with Crippen LogP contribution in [0.2, 0.25) is 0 Å². The molecule has 106 valence electrons. The Kier molecular flexibility index (Phi) is 7.71. The van der Waals surface area contributed by atoms with Gasteiger partial charge in [0.15, 0.2) is 0 Å². The molecule has 1 aliphatic heterocycles. The van der Waals surface area contributed by atoms with Crippen molar-refractivity contribution < 1.29 is 4.74 Å². The van der Waals surface area contributed by atoms with E-state index in [1.165, 1.54) is 0 Å². The lowest BCUT2D eigenvalue weighted by Gasteiger charge is -2.35. The fourth-order valence-electron chi connectivity index (χ4n) is 2.01. The average Bonchev–Trinajstić information content (AvgIpc) is 2.43. The van der Waals surface area contributed by atoms with Crippen LogP contribution in [0.4, 0.5) is 0 Å². The molecule has 3 N–H and O–H groups in total. The largest absolute Gasteiger partial charge is 0.382 e. The minimum absolute atomic E-state index is 0.757. The summed E-state index contributed by atoms with van der Waals surface area (Å²) in [6, 6.07) is 0. The Morgan fingerprint density at radius 1 is 1.28 bits per heavy atom. The zero-order valence-corrected chi connectivity index (χ0v) is 11.7. The molecule has 0 atom stereocenters. The highest BCUT2D eigenvalue weighted by atomic mass is 16.5. The van der Waals surface area contributed by atoms with Crippen LogP contribution in [-0.4, -0.2) is 68.2 Å². The Labute approximate surface area is 110 Å². The van der Waals surface area contributed by atoms with Gasteiger partial charge in [0.1, 0.15) is 0 Å². The third-order valence-electron chi connectivity index (χ3n) is 3.16. The number of aliphatic imine (C=N–C) groups is 1. The van der Waals surface area contributed by atoms with Crippen molar-refractivity contribution >= 4 is 5.96 Å². The average molecular weight is 257 g/mol. The zero-order valence-electron chi connectivity index (χ0n) is 11.7. The van der Waals surface area contributed by atoms with E-state index < -0.39 is 0 Å². The van der Waals surface area contributed by atoms with E-state index in [1.54, 1.807) is 0 Å². The van der Waals surface area contributed by atoms with Crippen molar-refractivity contribution in [2.24, 2.45) is 10.8 Å². The molecule has 0 amide bonds. The second-order valence-corrected chi connectivity index (χ2v) is 4.32. The molecule has 0 radical (unpaired) electrons. The smallest absolute Gasteiger partial charge is 0.208 e. The van der Waals surface area contributed by atoms with Crippen LogP contribution in [0, 0.1) is 0 Å². The van der Waals surface area contributed by atoms with Crippen LogP contribution in [0.3, 0.4) is 0 Å². The van der Waals surface area contributed by atoms with Crippen LogP contribution in [0.5, 0.6) is 0 Å². The predicted molar refractivity (Wildman–Crippen MR) is 74.4 cm³/mol. The first kappa shape index (κ1) is 15.2. The summed E-state index contributed by atoms with van der Waals surface area (Å²) in [5.41, 5.74) is 2.71. The summed E-state index contributed by atoms with van der Waals surface area (Å²) in [7, 11) is 0. The standard InChI is InChI=1S/C12H27N5O/c1-3-16-7-9-17(10-8-16)12(15-13)14-6-5-11-18-4-2/h3-11,13H2,1-2H3,(H,14,15). The molecule has 0 aromatic carbocycles. The number of piperazine rings is 1. The first-order chi connectivity index (χ1) is 8.81. The number of ether oxygens (including phenoxy) is 1. The van der Waals surface area contributed by atoms with Crippen molar-refractivity contribution in [3.63, 3.8) is 0 Å². The van der Waals surface area contributed by atoms with E-state index in [-0.39, 0.29) is 0 Å². The van der Waals surface area contributed by atoms with Gasteiger partial charge < -0.3 is 14.5 Å². The Morgan fingerprint density at radius 3 is 2.56 bits per heavy atom. The maximum absolute atomic E-state index is 5.54. The molecule has 18 heavy (non-hydrogen) atoms. The maximum Gasteiger partial charge on any atom is 0.208 e. The molecular weight excluding hydrogens is 230 g/mol. The third kappa shape index (κ3) is 5.20. The van der Waals surface area contributed by atoms with Gasteiger partial charge in [0.2, 0.25) is 5.96 Å². The number of rotatable bonds is 6. The second-order valence-electron chi connectivity index (χ2n) is 4.32. The molecule has 1 heterocycles. The first-order valence-corrected chi connectivity index (χ1v) is 6.87. The summed E-state index contributed by atoms with van der Waals surface area (Å²) < 4.78 is 5.28. The van der Waals surface area contributed by atoms with Crippen LogP contribution in [0.25, 0.3) is 0 Å². The van der Waals surface area contributed by atoms with E-state index >= 15 is 0 Å². The molecule has 0 saturated carbocycles. The molecule has 0 bridgehead atoms. The number of likely N-dealkylation sites (N-methyl/N-ethyl adjacent to an activating group) is 1. The normalized spacial score (nSPS) is 18.2. The van der Waals surface area contributed by atoms with Gasteiger partial charge in [0, 0.05) is 45.9 Å². The summed E-state index contributed by atoms with van der Waals surface area (Å²) in [5.74, 6) is 6.35. The van der Waals surface area contributed by atoms with Crippen LogP contribution >= 0.6 is 0 Å². The lowest BCUT2D eigenvalue weighted by molar-refractivity contribution is 0.146. The lowest BCUT2D eigenvalue weighted by Crippen LogP contribution is -2.53. The summed E-state index contributed by atoms with van der Waals surface area (Å²) in [5, 5.41) is 0. The molecule has 0 aromatic rings. The third-order valence-corrected chi connectivity index (χ3v) is 3.16. The molecule has 0 unspecified atom stereocenters. The summed E-state index contributed by atoms with van der Waals surface area (Å²) in [6.07, 6.45) is 0.938. The number of guanidine groups is 1. The van der Waals surface area contributed by atoms with Gasteiger partial charge in [-0.2, -0.15) is 0 Å². The monoisotopic (exact) mass is 257 g/mol. The second kappa shape index (κ2) is 9.13. The van der Waals surface area contributed by atoms with Crippen molar-refractivity contribution in [3.8, 4) is 0 Å². The summed E-state index contributed by atoms with van der Waals surface area (Å²) >= 11 is 0. The van der Waals surface area contributed by atoms with E-state index in [2.05, 4.69) is 27.1 Å². The Morgan fingerprint density at radius 2 is 2.00 bits per heavy atom. The van der Waals surface area contributed by atoms with Crippen molar-refractivity contribution in [2.45, 2.75) is 20.3 Å².